The summed E-state index contributed by atoms with van der Waals surface area (Å²) in [5.74, 6) is 0.304. The van der Waals surface area contributed by atoms with Gasteiger partial charge in [-0.1, -0.05) is 11.6 Å². The molecule has 20 heavy (non-hydrogen) atoms. The molecule has 0 aliphatic heterocycles. The fourth-order valence-corrected chi connectivity index (χ4v) is 2.54. The summed E-state index contributed by atoms with van der Waals surface area (Å²) in [6, 6.07) is 12.8. The molecule has 104 valence electrons. The number of benzene rings is 2. The van der Waals surface area contributed by atoms with Crippen molar-refractivity contribution in [3.05, 3.63) is 53.1 Å². The van der Waals surface area contributed by atoms with Gasteiger partial charge in [-0.25, -0.2) is 0 Å². The lowest BCUT2D eigenvalue weighted by molar-refractivity contribution is -0.113. The third-order valence-electron chi connectivity index (χ3n) is 2.74. The van der Waals surface area contributed by atoms with Gasteiger partial charge in [-0.05, 0) is 55.0 Å². The predicted octanol–water partition coefficient (Wildman–Crippen LogP) is 3.96. The molecule has 0 saturated carbocycles. The SMILES string of the molecule is Cc1cc(SCC(=O)Nc2ccc(Cl)cc2)ccc1N. The number of nitrogens with two attached hydrogens (primary N) is 1. The molecule has 1 amide bonds. The van der Waals surface area contributed by atoms with Crippen LogP contribution in [0.15, 0.2) is 47.4 Å². The fraction of sp³-hybridized carbons (Fsp3) is 0.133. The smallest absolute Gasteiger partial charge is 0.234 e. The van der Waals surface area contributed by atoms with Gasteiger partial charge in [0.15, 0.2) is 0 Å². The highest BCUT2D eigenvalue weighted by Crippen LogP contribution is 2.22. The van der Waals surface area contributed by atoms with Gasteiger partial charge >= 0.3 is 0 Å². The average molecular weight is 307 g/mol. The Bertz CT molecular complexity index is 614. The van der Waals surface area contributed by atoms with Crippen LogP contribution in [0.4, 0.5) is 11.4 Å². The number of nitrogens with one attached hydrogen (secondary N) is 1. The molecule has 0 unspecified atom stereocenters. The number of halogens is 1. The van der Waals surface area contributed by atoms with Crippen molar-refractivity contribution in [3.63, 3.8) is 0 Å². The van der Waals surface area contributed by atoms with Gasteiger partial charge in [0.2, 0.25) is 5.91 Å². The lowest BCUT2D eigenvalue weighted by Gasteiger charge is -2.06. The van der Waals surface area contributed by atoms with Crippen molar-refractivity contribution in [2.24, 2.45) is 0 Å². The number of hydrogen-bond donors (Lipinski definition) is 2. The van der Waals surface area contributed by atoms with Gasteiger partial charge < -0.3 is 11.1 Å². The Kier molecular flexibility index (Phi) is 4.93. The van der Waals surface area contributed by atoms with Crippen LogP contribution in [0, 0.1) is 6.92 Å². The number of amides is 1. The van der Waals surface area contributed by atoms with Gasteiger partial charge in [0.25, 0.3) is 0 Å². The molecule has 5 heteroatoms. The minimum absolute atomic E-state index is 0.0493. The van der Waals surface area contributed by atoms with Gasteiger partial charge in [0.1, 0.15) is 0 Å². The molecular formula is C15H15ClN2OS. The van der Waals surface area contributed by atoms with Gasteiger partial charge in [0.05, 0.1) is 5.75 Å². The number of carbonyl (C=O) groups is 1. The number of nitrogen functional groups attached to an aromatic ring is 1. The summed E-state index contributed by atoms with van der Waals surface area (Å²) in [5.41, 5.74) is 8.29. The van der Waals surface area contributed by atoms with Gasteiger partial charge in [0, 0.05) is 21.3 Å². The maximum atomic E-state index is 11.8. The molecule has 2 aromatic carbocycles. The van der Waals surface area contributed by atoms with Crippen molar-refractivity contribution in [2.45, 2.75) is 11.8 Å². The van der Waals surface area contributed by atoms with Crippen LogP contribution in [0.3, 0.4) is 0 Å². The van der Waals surface area contributed by atoms with Gasteiger partial charge in [-0.3, -0.25) is 4.79 Å². The van der Waals surface area contributed by atoms with Crippen LogP contribution in [0.25, 0.3) is 0 Å². The summed E-state index contributed by atoms with van der Waals surface area (Å²) < 4.78 is 0. The van der Waals surface area contributed by atoms with E-state index in [9.17, 15) is 4.79 Å². The van der Waals surface area contributed by atoms with E-state index in [-0.39, 0.29) is 5.91 Å². The Balaban J connectivity index is 1.88. The highest BCUT2D eigenvalue weighted by atomic mass is 35.5. The summed E-state index contributed by atoms with van der Waals surface area (Å²) in [6.45, 7) is 1.95. The Morgan fingerprint density at radius 2 is 1.95 bits per heavy atom. The number of carbonyl (C=O) groups excluding carboxylic acids is 1. The van der Waals surface area contributed by atoms with Crippen LogP contribution in [0.1, 0.15) is 5.56 Å². The van der Waals surface area contributed by atoms with Crippen molar-refractivity contribution >= 4 is 40.6 Å². The summed E-state index contributed by atoms with van der Waals surface area (Å²) in [6.07, 6.45) is 0. The minimum atomic E-state index is -0.0493. The second-order valence-electron chi connectivity index (χ2n) is 4.36. The second kappa shape index (κ2) is 6.68. The van der Waals surface area contributed by atoms with E-state index >= 15 is 0 Å². The van der Waals surface area contributed by atoms with E-state index in [1.807, 2.05) is 25.1 Å². The number of thioether (sulfide) groups is 1. The molecule has 0 fully saturated rings. The number of aryl methyl sites for hydroxylation is 1. The first-order chi connectivity index (χ1) is 9.54. The zero-order chi connectivity index (χ0) is 14.5. The largest absolute Gasteiger partial charge is 0.399 e. The minimum Gasteiger partial charge on any atom is -0.399 e. The number of anilines is 2. The number of rotatable bonds is 4. The molecule has 0 saturated heterocycles. The summed E-state index contributed by atoms with van der Waals surface area (Å²) in [7, 11) is 0. The van der Waals surface area contributed by atoms with Crippen molar-refractivity contribution in [1.82, 2.24) is 0 Å². The van der Waals surface area contributed by atoms with Crippen LogP contribution in [0.2, 0.25) is 5.02 Å². The van der Waals surface area contributed by atoms with Crippen molar-refractivity contribution < 1.29 is 4.79 Å². The molecular weight excluding hydrogens is 292 g/mol. The van der Waals surface area contributed by atoms with E-state index in [0.717, 1.165) is 21.8 Å². The monoisotopic (exact) mass is 306 g/mol. The van der Waals surface area contributed by atoms with E-state index in [1.54, 1.807) is 24.3 Å². The molecule has 0 bridgehead atoms. The van der Waals surface area contributed by atoms with Crippen molar-refractivity contribution in [2.75, 3.05) is 16.8 Å². The van der Waals surface area contributed by atoms with E-state index in [1.165, 1.54) is 11.8 Å². The maximum absolute atomic E-state index is 11.8. The molecule has 0 heterocycles. The lowest BCUT2D eigenvalue weighted by atomic mass is 10.2. The first-order valence-electron chi connectivity index (χ1n) is 6.09. The van der Waals surface area contributed by atoms with Gasteiger partial charge in [-0.15, -0.1) is 11.8 Å². The second-order valence-corrected chi connectivity index (χ2v) is 5.85. The fourth-order valence-electron chi connectivity index (χ4n) is 1.62. The molecule has 0 aliphatic rings. The van der Waals surface area contributed by atoms with Crippen LogP contribution in [-0.2, 0) is 4.79 Å². The van der Waals surface area contributed by atoms with Crippen LogP contribution >= 0.6 is 23.4 Å². The Morgan fingerprint density at radius 1 is 1.25 bits per heavy atom. The van der Waals surface area contributed by atoms with Gasteiger partial charge in [-0.2, -0.15) is 0 Å². The number of hydrogen-bond acceptors (Lipinski definition) is 3. The molecule has 3 N–H and O–H groups in total. The van der Waals surface area contributed by atoms with Crippen molar-refractivity contribution in [3.8, 4) is 0 Å². The lowest BCUT2D eigenvalue weighted by Crippen LogP contribution is -2.13. The first kappa shape index (κ1) is 14.8. The third kappa shape index (κ3) is 4.18. The third-order valence-corrected chi connectivity index (χ3v) is 3.98. The van der Waals surface area contributed by atoms with Crippen LogP contribution in [-0.4, -0.2) is 11.7 Å². The van der Waals surface area contributed by atoms with E-state index < -0.39 is 0 Å². The molecule has 0 radical (unpaired) electrons. The Labute approximate surface area is 127 Å². The molecule has 3 nitrogen and oxygen atoms in total. The summed E-state index contributed by atoms with van der Waals surface area (Å²) >= 11 is 7.27. The summed E-state index contributed by atoms with van der Waals surface area (Å²) in [5, 5.41) is 3.47. The zero-order valence-electron chi connectivity index (χ0n) is 11.0. The highest BCUT2D eigenvalue weighted by molar-refractivity contribution is 8.00. The molecule has 0 aliphatic carbocycles. The molecule has 0 atom stereocenters. The Morgan fingerprint density at radius 3 is 2.60 bits per heavy atom. The van der Waals surface area contributed by atoms with Crippen LogP contribution < -0.4 is 11.1 Å². The quantitative estimate of drug-likeness (QED) is 0.664. The maximum Gasteiger partial charge on any atom is 0.234 e. The predicted molar refractivity (Wildman–Crippen MR) is 86.4 cm³/mol. The normalized spacial score (nSPS) is 10.3. The summed E-state index contributed by atoms with van der Waals surface area (Å²) in [4.78, 5) is 12.9. The Hall–Kier alpha value is -1.65. The van der Waals surface area contributed by atoms with E-state index in [0.29, 0.717) is 10.8 Å². The standard InChI is InChI=1S/C15H15ClN2OS/c1-10-8-13(6-7-14(10)17)20-9-15(19)18-12-4-2-11(16)3-5-12/h2-8H,9,17H2,1H3,(H,18,19). The van der Waals surface area contributed by atoms with E-state index in [4.69, 9.17) is 17.3 Å². The first-order valence-corrected chi connectivity index (χ1v) is 7.45. The van der Waals surface area contributed by atoms with Crippen LogP contribution in [0.5, 0.6) is 0 Å². The molecule has 2 aromatic rings. The highest BCUT2D eigenvalue weighted by Gasteiger charge is 2.04. The van der Waals surface area contributed by atoms with Crippen molar-refractivity contribution in [1.29, 1.82) is 0 Å². The topological polar surface area (TPSA) is 55.1 Å². The average Bonchev–Trinajstić information content (AvgIpc) is 2.43. The molecule has 0 aromatic heterocycles. The molecule has 2 rings (SSSR count). The van der Waals surface area contributed by atoms with E-state index in [2.05, 4.69) is 5.32 Å². The molecule has 0 spiro atoms. The zero-order valence-corrected chi connectivity index (χ0v) is 12.6.